The first-order chi connectivity index (χ1) is 28.4. The first-order valence-electron chi connectivity index (χ1n) is 19.8. The maximum atomic E-state index is 13.1. The number of carbonyl (C=O) groups is 2. The number of carbonyl (C=O) groups excluding carboxylic acids is 2. The number of rotatable bonds is 12. The topological polar surface area (TPSA) is 166 Å². The maximum absolute atomic E-state index is 13.1. The van der Waals surface area contributed by atoms with E-state index in [9.17, 15) is 9.59 Å². The van der Waals surface area contributed by atoms with Crippen LogP contribution in [0.4, 0.5) is 0 Å². The van der Waals surface area contributed by atoms with Crippen molar-refractivity contribution in [1.82, 2.24) is 19.9 Å². The molecule has 2 aliphatic heterocycles. The Kier molecular flexibility index (Phi) is 11.4. The van der Waals surface area contributed by atoms with Crippen LogP contribution in [0.2, 0.25) is 0 Å². The number of nitrogens with zero attached hydrogens (tertiary/aromatic N) is 6. The predicted molar refractivity (Wildman–Crippen MR) is 213 cm³/mol. The molecule has 2 aliphatic carbocycles. The summed E-state index contributed by atoms with van der Waals surface area (Å²) in [5.41, 5.74) is 7.12. The van der Waals surface area contributed by atoms with Crippen LogP contribution in [0.5, 0.6) is 23.0 Å². The van der Waals surface area contributed by atoms with E-state index in [4.69, 9.17) is 38.4 Å². The smallest absolute Gasteiger partial charge is 0.331 e. The molecule has 2 saturated carbocycles. The normalized spacial score (nSPS) is 23.2. The molecule has 58 heavy (non-hydrogen) atoms. The molecule has 0 spiro atoms. The van der Waals surface area contributed by atoms with Crippen molar-refractivity contribution in [2.45, 2.75) is 88.5 Å². The Labute approximate surface area is 336 Å². The van der Waals surface area contributed by atoms with Crippen molar-refractivity contribution in [2.75, 3.05) is 27.4 Å². The van der Waals surface area contributed by atoms with Crippen LogP contribution in [0.25, 0.3) is 0 Å². The largest absolute Gasteiger partial charge is 0.493 e. The third-order valence-electron chi connectivity index (χ3n) is 11.3. The molecule has 0 unspecified atom stereocenters. The minimum atomic E-state index is -0.596. The molecule has 14 nitrogen and oxygen atoms in total. The minimum Gasteiger partial charge on any atom is -0.493 e. The molecule has 2 aromatic heterocycles. The summed E-state index contributed by atoms with van der Waals surface area (Å²) < 4.78 is 35.1. The van der Waals surface area contributed by atoms with E-state index >= 15 is 0 Å². The van der Waals surface area contributed by atoms with Gasteiger partial charge in [0.05, 0.1) is 50.9 Å². The highest BCUT2D eigenvalue weighted by atomic mass is 16.6. The zero-order valence-electron chi connectivity index (χ0n) is 33.0. The molecule has 6 atom stereocenters. The number of aliphatic imine (C=N–C) groups is 2. The highest BCUT2D eigenvalue weighted by Crippen LogP contribution is 2.47. The van der Waals surface area contributed by atoms with Crippen LogP contribution >= 0.6 is 0 Å². The Hall–Kier alpha value is -6.18. The van der Waals surface area contributed by atoms with Crippen molar-refractivity contribution in [3.05, 3.63) is 107 Å². The molecule has 4 heterocycles. The lowest BCUT2D eigenvalue weighted by Gasteiger charge is -2.38. The van der Waals surface area contributed by atoms with Crippen molar-refractivity contribution in [1.29, 1.82) is 0 Å². The van der Waals surface area contributed by atoms with E-state index in [2.05, 4.69) is 19.9 Å². The number of benzene rings is 2. The zero-order chi connectivity index (χ0) is 40.2. The predicted octanol–water partition coefficient (Wildman–Crippen LogP) is 6.14. The van der Waals surface area contributed by atoms with Gasteiger partial charge in [-0.2, -0.15) is 0 Å². The molecular formula is C44H46N6O8. The summed E-state index contributed by atoms with van der Waals surface area (Å²) in [5.74, 6) is 1.25. The second kappa shape index (κ2) is 17.1. The van der Waals surface area contributed by atoms with Gasteiger partial charge in [0, 0.05) is 71.0 Å². The van der Waals surface area contributed by atoms with Crippen LogP contribution in [0.1, 0.15) is 97.6 Å². The lowest BCUT2D eigenvalue weighted by molar-refractivity contribution is -0.147. The van der Waals surface area contributed by atoms with Crippen molar-refractivity contribution < 1.29 is 38.0 Å². The van der Waals surface area contributed by atoms with Crippen LogP contribution in [0.15, 0.2) is 83.8 Å². The molecule has 2 fully saturated rings. The van der Waals surface area contributed by atoms with Gasteiger partial charge < -0.3 is 28.4 Å². The molecule has 4 aliphatic rings. The molecule has 300 valence electrons. The average Bonchev–Trinajstić information content (AvgIpc) is 3.25. The first-order valence-corrected chi connectivity index (χ1v) is 19.8. The van der Waals surface area contributed by atoms with Crippen molar-refractivity contribution in [3.63, 3.8) is 0 Å². The van der Waals surface area contributed by atoms with Gasteiger partial charge in [-0.25, -0.2) is 29.5 Å². The van der Waals surface area contributed by atoms with Gasteiger partial charge in [-0.3, -0.25) is 9.98 Å². The summed E-state index contributed by atoms with van der Waals surface area (Å²) in [7, 11) is 3.23. The average molecular weight is 787 g/mol. The number of hydrogen-bond acceptors (Lipinski definition) is 14. The summed E-state index contributed by atoms with van der Waals surface area (Å²) in [4.78, 5) is 53.5. The number of aromatic nitrogens is 4. The lowest BCUT2D eigenvalue weighted by Crippen LogP contribution is -2.36. The van der Waals surface area contributed by atoms with E-state index in [0.29, 0.717) is 74.7 Å². The number of hydrogen-bond donors (Lipinski definition) is 0. The second-order valence-corrected chi connectivity index (χ2v) is 14.7. The van der Waals surface area contributed by atoms with Crippen LogP contribution in [-0.4, -0.2) is 95.0 Å². The monoisotopic (exact) mass is 786 g/mol. The minimum absolute atomic E-state index is 0.0267. The molecule has 0 bridgehead atoms. The number of fused-ring (bicyclic) bond motifs is 6. The van der Waals surface area contributed by atoms with Crippen molar-refractivity contribution in [3.8, 4) is 23.0 Å². The van der Waals surface area contributed by atoms with Crippen molar-refractivity contribution in [2.24, 2.45) is 9.98 Å². The van der Waals surface area contributed by atoms with Gasteiger partial charge in [-0.15, -0.1) is 0 Å². The van der Waals surface area contributed by atoms with E-state index in [-0.39, 0.29) is 36.1 Å². The molecule has 2 aromatic carbocycles. The highest BCUT2D eigenvalue weighted by Gasteiger charge is 2.41. The molecule has 4 aromatic rings. The van der Waals surface area contributed by atoms with Gasteiger partial charge in [0.2, 0.25) is 0 Å². The van der Waals surface area contributed by atoms with Crippen LogP contribution in [0, 0.1) is 0 Å². The van der Waals surface area contributed by atoms with Gasteiger partial charge in [0.15, 0.2) is 23.0 Å². The van der Waals surface area contributed by atoms with Crippen molar-refractivity contribution >= 4 is 23.4 Å². The molecule has 0 N–H and O–H groups in total. The second-order valence-electron chi connectivity index (χ2n) is 14.7. The third kappa shape index (κ3) is 7.87. The standard InChI is InChI=1S/C44H46N6O8/c1-5-55-39-15-29-31-13-27(7-9-35(31)49-43(25-19-45-23-46-20-25)33(29)17-37(39)53-3)57-41(51)11-12-42(52)58-28-8-10-36-32(14-28)30-16-40(56-6-2)38(54-4)18-34(30)44(50-36)26-21-47-24-48-22-26/h11-12,15-24,27-28,31-32,35-36H,5-10,13-14H2,1-4H3/b12-11+/t27-,28-,31-,32-,35-,36-/m1/s1. The van der Waals surface area contributed by atoms with Gasteiger partial charge in [0.25, 0.3) is 0 Å². The summed E-state index contributed by atoms with van der Waals surface area (Å²) in [6.45, 7) is 4.82. The Bertz CT molecular complexity index is 2090. The van der Waals surface area contributed by atoms with Gasteiger partial charge >= 0.3 is 11.9 Å². The van der Waals surface area contributed by atoms with Crippen LogP contribution in [-0.2, 0) is 19.1 Å². The Morgan fingerprint density at radius 1 is 0.603 bits per heavy atom. The Balaban J connectivity index is 0.935. The Morgan fingerprint density at radius 3 is 1.40 bits per heavy atom. The fourth-order valence-corrected chi connectivity index (χ4v) is 8.77. The highest BCUT2D eigenvalue weighted by molar-refractivity contribution is 6.15. The number of ether oxygens (including phenoxy) is 6. The zero-order valence-corrected chi connectivity index (χ0v) is 33.0. The SMILES string of the molecule is CCOc1cc2c(cc1OC)C(c1cncnc1)=N[C@@H]1CC[C@@H](OC(=O)/C=C/C(=O)O[C@@H]3CC[C@H]4N=C(c5cncnc5)c5cc(OC)c(OCC)cc5[C@H]4C3)C[C@H]21. The van der Waals surface area contributed by atoms with E-state index in [1.807, 2.05) is 38.1 Å². The number of methoxy groups -OCH3 is 2. The lowest BCUT2D eigenvalue weighted by atomic mass is 9.74. The summed E-state index contributed by atoms with van der Waals surface area (Å²) in [6.07, 6.45) is 15.4. The van der Waals surface area contributed by atoms with Gasteiger partial charge in [-0.05, 0) is 87.8 Å². The van der Waals surface area contributed by atoms with Gasteiger partial charge in [0.1, 0.15) is 24.9 Å². The molecule has 0 saturated heterocycles. The molecule has 14 heteroatoms. The van der Waals surface area contributed by atoms with Crippen LogP contribution in [0.3, 0.4) is 0 Å². The van der Waals surface area contributed by atoms with E-state index in [1.54, 1.807) is 39.0 Å². The fraction of sp³-hybridized carbons (Fsp3) is 0.409. The maximum Gasteiger partial charge on any atom is 0.331 e. The number of esters is 2. The molecule has 8 rings (SSSR count). The quantitative estimate of drug-likeness (QED) is 0.119. The summed E-state index contributed by atoms with van der Waals surface area (Å²) >= 11 is 0. The summed E-state index contributed by atoms with van der Waals surface area (Å²) in [5, 5.41) is 0. The van der Waals surface area contributed by atoms with Crippen LogP contribution < -0.4 is 18.9 Å². The Morgan fingerprint density at radius 2 is 1.02 bits per heavy atom. The fourth-order valence-electron chi connectivity index (χ4n) is 8.77. The molecular weight excluding hydrogens is 741 g/mol. The van der Waals surface area contributed by atoms with E-state index in [0.717, 1.165) is 57.0 Å². The molecule has 0 amide bonds. The van der Waals surface area contributed by atoms with E-state index in [1.165, 1.54) is 12.7 Å². The molecule has 0 radical (unpaired) electrons. The summed E-state index contributed by atoms with van der Waals surface area (Å²) in [6, 6.07) is 7.87. The van der Waals surface area contributed by atoms with E-state index < -0.39 is 11.9 Å². The third-order valence-corrected chi connectivity index (χ3v) is 11.3. The first kappa shape index (κ1) is 38.7. The van der Waals surface area contributed by atoms with Gasteiger partial charge in [-0.1, -0.05) is 0 Å².